The third kappa shape index (κ3) is 7.81. The Kier molecular flexibility index (Phi) is 8.87. The summed E-state index contributed by atoms with van der Waals surface area (Å²) >= 11 is 0. The van der Waals surface area contributed by atoms with Gasteiger partial charge in [0.25, 0.3) is 0 Å². The normalized spacial score (nSPS) is 8.84. The zero-order valence-corrected chi connectivity index (χ0v) is 11.8. The summed E-state index contributed by atoms with van der Waals surface area (Å²) in [6.45, 7) is 3.40. The highest BCUT2D eigenvalue weighted by Gasteiger charge is 2.04. The number of carbonyl (C=O) groups excluding carboxylic acids is 2. The summed E-state index contributed by atoms with van der Waals surface area (Å²) < 4.78 is 14.2. The van der Waals surface area contributed by atoms with Crippen LogP contribution in [-0.2, 0) is 25.7 Å². The number of esters is 2. The van der Waals surface area contributed by atoms with Crippen molar-refractivity contribution in [2.75, 3.05) is 14.2 Å². The van der Waals surface area contributed by atoms with Gasteiger partial charge in [0.15, 0.2) is 0 Å². The van der Waals surface area contributed by atoms with Gasteiger partial charge in [0.2, 0.25) is 0 Å². The molecule has 0 aromatic heterocycles. The fourth-order valence-electron chi connectivity index (χ4n) is 1.08. The average molecular weight is 268 g/mol. The summed E-state index contributed by atoms with van der Waals surface area (Å²) in [5.74, 6) is 0.303. The van der Waals surface area contributed by atoms with Crippen LogP contribution in [0.25, 0.3) is 0 Å². The van der Waals surface area contributed by atoms with Crippen LogP contribution in [0.2, 0.25) is 0 Å². The molecule has 106 valence electrons. The molecule has 1 rings (SSSR count). The first-order valence-electron chi connectivity index (χ1n) is 5.87. The van der Waals surface area contributed by atoms with E-state index in [2.05, 4.69) is 4.74 Å². The highest BCUT2D eigenvalue weighted by atomic mass is 16.5. The van der Waals surface area contributed by atoms with Gasteiger partial charge in [0.05, 0.1) is 14.2 Å². The van der Waals surface area contributed by atoms with E-state index in [1.807, 2.05) is 24.3 Å². The number of benzene rings is 1. The van der Waals surface area contributed by atoms with Crippen LogP contribution in [0.3, 0.4) is 0 Å². The zero-order valence-electron chi connectivity index (χ0n) is 11.8. The Morgan fingerprint density at radius 1 is 1.16 bits per heavy atom. The molecule has 0 N–H and O–H groups in total. The van der Waals surface area contributed by atoms with Gasteiger partial charge in [-0.15, -0.1) is 0 Å². The first kappa shape index (κ1) is 17.0. The molecule has 0 saturated carbocycles. The Hall–Kier alpha value is -2.04. The van der Waals surface area contributed by atoms with Crippen LogP contribution in [0.4, 0.5) is 0 Å². The lowest BCUT2D eigenvalue weighted by Gasteiger charge is -2.07. The minimum absolute atomic E-state index is 0.198. The Morgan fingerprint density at radius 3 is 2.21 bits per heavy atom. The summed E-state index contributed by atoms with van der Waals surface area (Å²) in [6, 6.07) is 7.48. The maximum atomic E-state index is 10.9. The van der Waals surface area contributed by atoms with E-state index < -0.39 is 0 Å². The van der Waals surface area contributed by atoms with Crippen LogP contribution < -0.4 is 4.74 Å². The largest absolute Gasteiger partial charge is 0.496 e. The summed E-state index contributed by atoms with van der Waals surface area (Å²) in [7, 11) is 2.95. The van der Waals surface area contributed by atoms with Gasteiger partial charge in [-0.25, -0.2) is 0 Å². The Bertz CT molecular complexity index is 401. The van der Waals surface area contributed by atoms with Crippen molar-refractivity contribution in [1.82, 2.24) is 0 Å². The molecule has 0 radical (unpaired) electrons. The molecular weight excluding hydrogens is 248 g/mol. The number of para-hydroxylation sites is 1. The summed E-state index contributed by atoms with van der Waals surface area (Å²) in [6.07, 6.45) is 0.398. The molecule has 1 aromatic carbocycles. The number of carbonyl (C=O) groups is 2. The zero-order chi connectivity index (χ0) is 14.7. The second-order valence-corrected chi connectivity index (χ2v) is 3.52. The predicted octanol–water partition coefficient (Wildman–Crippen LogP) is 2.33. The minimum Gasteiger partial charge on any atom is -0.496 e. The van der Waals surface area contributed by atoms with Crippen molar-refractivity contribution >= 4 is 11.9 Å². The van der Waals surface area contributed by atoms with Crippen LogP contribution in [-0.4, -0.2) is 26.2 Å². The lowest BCUT2D eigenvalue weighted by molar-refractivity contribution is -0.144. The van der Waals surface area contributed by atoms with Gasteiger partial charge in [0.1, 0.15) is 12.4 Å². The second kappa shape index (κ2) is 9.94. The quantitative estimate of drug-likeness (QED) is 0.784. The maximum Gasteiger partial charge on any atom is 0.305 e. The molecule has 0 atom stereocenters. The van der Waals surface area contributed by atoms with Crippen molar-refractivity contribution in [3.63, 3.8) is 0 Å². The van der Waals surface area contributed by atoms with Gasteiger partial charge < -0.3 is 14.2 Å². The molecule has 5 nitrogen and oxygen atoms in total. The molecule has 0 heterocycles. The van der Waals surface area contributed by atoms with Gasteiger partial charge in [-0.2, -0.15) is 0 Å². The van der Waals surface area contributed by atoms with Gasteiger partial charge in [-0.05, 0) is 6.07 Å². The van der Waals surface area contributed by atoms with Crippen molar-refractivity contribution in [1.29, 1.82) is 0 Å². The molecule has 0 spiro atoms. The minimum atomic E-state index is -0.245. The van der Waals surface area contributed by atoms with E-state index >= 15 is 0 Å². The van der Waals surface area contributed by atoms with Gasteiger partial charge >= 0.3 is 11.9 Å². The number of hydrogen-bond acceptors (Lipinski definition) is 5. The summed E-state index contributed by atoms with van der Waals surface area (Å²) in [4.78, 5) is 20.5. The van der Waals surface area contributed by atoms with E-state index in [0.717, 1.165) is 11.3 Å². The predicted molar refractivity (Wildman–Crippen MR) is 70.8 cm³/mol. The molecule has 0 aliphatic rings. The molecule has 0 aliphatic carbocycles. The summed E-state index contributed by atoms with van der Waals surface area (Å²) in [5.41, 5.74) is 0.886. The van der Waals surface area contributed by atoms with E-state index in [1.54, 1.807) is 14.0 Å². The Morgan fingerprint density at radius 2 is 1.74 bits per heavy atom. The molecule has 0 bridgehead atoms. The molecule has 0 unspecified atom stereocenters. The van der Waals surface area contributed by atoms with Crippen LogP contribution >= 0.6 is 0 Å². The number of rotatable bonds is 4. The van der Waals surface area contributed by atoms with Crippen LogP contribution in [0.15, 0.2) is 24.3 Å². The SMILES string of the molecule is CCC(=O)OCc1ccccc1OC.COC(C)=O. The van der Waals surface area contributed by atoms with Crippen molar-refractivity contribution in [3.8, 4) is 5.75 Å². The highest BCUT2D eigenvalue weighted by molar-refractivity contribution is 5.68. The van der Waals surface area contributed by atoms with E-state index in [0.29, 0.717) is 6.42 Å². The monoisotopic (exact) mass is 268 g/mol. The average Bonchev–Trinajstić information content (AvgIpc) is 2.45. The third-order valence-corrected chi connectivity index (χ3v) is 2.16. The van der Waals surface area contributed by atoms with Gasteiger partial charge in [0, 0.05) is 18.9 Å². The fraction of sp³-hybridized carbons (Fsp3) is 0.429. The number of methoxy groups -OCH3 is 2. The van der Waals surface area contributed by atoms with E-state index in [-0.39, 0.29) is 18.5 Å². The highest BCUT2D eigenvalue weighted by Crippen LogP contribution is 2.17. The van der Waals surface area contributed by atoms with Crippen molar-refractivity contribution in [2.45, 2.75) is 26.9 Å². The molecule has 0 fully saturated rings. The van der Waals surface area contributed by atoms with Crippen molar-refractivity contribution in [3.05, 3.63) is 29.8 Å². The van der Waals surface area contributed by atoms with E-state index in [9.17, 15) is 9.59 Å². The van der Waals surface area contributed by atoms with Crippen LogP contribution in [0, 0.1) is 0 Å². The third-order valence-electron chi connectivity index (χ3n) is 2.16. The lowest BCUT2D eigenvalue weighted by atomic mass is 10.2. The van der Waals surface area contributed by atoms with E-state index in [1.165, 1.54) is 14.0 Å². The molecule has 0 amide bonds. The standard InChI is InChI=1S/C11H14O3.C3H6O2/c1-3-11(12)14-8-9-6-4-5-7-10(9)13-2;1-3(4)5-2/h4-7H,3,8H2,1-2H3;1-2H3. The first-order chi connectivity index (χ1) is 9.04. The lowest BCUT2D eigenvalue weighted by Crippen LogP contribution is -2.03. The van der Waals surface area contributed by atoms with Crippen LogP contribution in [0.1, 0.15) is 25.8 Å². The molecular formula is C14H20O5. The van der Waals surface area contributed by atoms with Gasteiger partial charge in [-0.1, -0.05) is 25.1 Å². The Labute approximate surface area is 113 Å². The smallest absolute Gasteiger partial charge is 0.305 e. The molecule has 0 aliphatic heterocycles. The van der Waals surface area contributed by atoms with E-state index in [4.69, 9.17) is 9.47 Å². The van der Waals surface area contributed by atoms with Crippen LogP contribution in [0.5, 0.6) is 5.75 Å². The summed E-state index contributed by atoms with van der Waals surface area (Å²) in [5, 5.41) is 0. The second-order valence-electron chi connectivity index (χ2n) is 3.52. The van der Waals surface area contributed by atoms with Gasteiger partial charge in [-0.3, -0.25) is 9.59 Å². The topological polar surface area (TPSA) is 61.8 Å². The van der Waals surface area contributed by atoms with Crippen molar-refractivity contribution < 1.29 is 23.8 Å². The molecule has 0 saturated heterocycles. The number of ether oxygens (including phenoxy) is 3. The fourth-order valence-corrected chi connectivity index (χ4v) is 1.08. The first-order valence-corrected chi connectivity index (χ1v) is 5.87. The molecule has 19 heavy (non-hydrogen) atoms. The Balaban J connectivity index is 0.000000555. The number of hydrogen-bond donors (Lipinski definition) is 0. The molecule has 5 heteroatoms. The van der Waals surface area contributed by atoms with Crippen molar-refractivity contribution in [2.24, 2.45) is 0 Å². The maximum absolute atomic E-state index is 10.9. The molecule has 1 aromatic rings.